The maximum Gasteiger partial charge on any atom is 0.192 e. The minimum absolute atomic E-state index is 0.519. The molecule has 0 aliphatic heterocycles. The molecule has 0 aliphatic carbocycles. The van der Waals surface area contributed by atoms with Crippen LogP contribution in [0.2, 0.25) is 5.15 Å². The third kappa shape index (κ3) is 1.38. The van der Waals surface area contributed by atoms with Crippen LogP contribution in [-0.2, 0) is 0 Å². The molecular weight excluding hydrogens is 286 g/mol. The smallest absolute Gasteiger partial charge is 0.192 e. The molecule has 0 aliphatic rings. The second-order valence-electron chi connectivity index (χ2n) is 2.30. The molecule has 0 unspecified atom stereocenters. The number of aromatic nitrogens is 2. The van der Waals surface area contributed by atoms with Crippen molar-refractivity contribution in [2.24, 2.45) is 0 Å². The molecule has 1 aromatic heterocycles. The molecule has 0 saturated carbocycles. The summed E-state index contributed by atoms with van der Waals surface area (Å²) in [4.78, 5) is 8.27. The van der Waals surface area contributed by atoms with Crippen LogP contribution in [0.3, 0.4) is 0 Å². The van der Waals surface area contributed by atoms with Crippen LogP contribution >= 0.6 is 34.2 Å². The van der Waals surface area contributed by atoms with Crippen molar-refractivity contribution in [1.82, 2.24) is 9.97 Å². The summed E-state index contributed by atoms with van der Waals surface area (Å²) in [6.07, 6.45) is 0. The maximum atomic E-state index is 5.91. The quantitative estimate of drug-likeness (QED) is 0.423. The first kappa shape index (κ1) is 8.19. The molecule has 0 radical (unpaired) electrons. The molecule has 0 atom stereocenters. The fourth-order valence-corrected chi connectivity index (χ4v) is 1.89. The fourth-order valence-electron chi connectivity index (χ4n) is 1.01. The summed E-state index contributed by atoms with van der Waals surface area (Å²) in [6.45, 7) is 0. The van der Waals surface area contributed by atoms with Gasteiger partial charge >= 0.3 is 0 Å². The summed E-state index contributed by atoms with van der Waals surface area (Å²) < 4.78 is 0.677. The molecule has 1 aromatic carbocycles. The number of para-hydroxylation sites is 1. The number of halogens is 2. The van der Waals surface area contributed by atoms with Crippen molar-refractivity contribution < 1.29 is 0 Å². The summed E-state index contributed by atoms with van der Waals surface area (Å²) in [5.74, 6) is 0. The third-order valence-corrected chi connectivity index (χ3v) is 2.30. The fraction of sp³-hybridized carbons (Fsp3) is 0. The Hall–Kier alpha value is -0.420. The Bertz CT molecular complexity index is 430. The number of nitrogens with zero attached hydrogens (tertiary/aromatic N) is 2. The zero-order valence-electron chi connectivity index (χ0n) is 5.96. The third-order valence-electron chi connectivity index (χ3n) is 1.53. The molecule has 2 aromatic rings. The zero-order valence-corrected chi connectivity index (χ0v) is 8.87. The highest BCUT2D eigenvalue weighted by molar-refractivity contribution is 14.1. The summed E-state index contributed by atoms with van der Waals surface area (Å²) >= 11 is 7.95. The van der Waals surface area contributed by atoms with E-state index < -0.39 is 0 Å². The topological polar surface area (TPSA) is 25.8 Å². The highest BCUT2D eigenvalue weighted by Gasteiger charge is 2.01. The Morgan fingerprint density at radius 3 is 2.75 bits per heavy atom. The molecule has 2 rings (SSSR count). The van der Waals surface area contributed by atoms with Crippen LogP contribution < -0.4 is 0 Å². The van der Waals surface area contributed by atoms with Gasteiger partial charge in [-0.25, -0.2) is 9.97 Å². The first-order valence-corrected chi connectivity index (χ1v) is 4.81. The van der Waals surface area contributed by atoms with Crippen LogP contribution in [0.1, 0.15) is 0 Å². The molecule has 0 amide bonds. The van der Waals surface area contributed by atoms with Gasteiger partial charge in [0.25, 0.3) is 0 Å². The lowest BCUT2D eigenvalue weighted by Crippen LogP contribution is -1.88. The van der Waals surface area contributed by atoms with Gasteiger partial charge in [-0.1, -0.05) is 23.7 Å². The van der Waals surface area contributed by atoms with Gasteiger partial charge < -0.3 is 0 Å². The number of hydrogen-bond acceptors (Lipinski definition) is 2. The molecule has 2 nitrogen and oxygen atoms in total. The second kappa shape index (κ2) is 3.14. The van der Waals surface area contributed by atoms with Crippen LogP contribution in [0.15, 0.2) is 24.3 Å². The van der Waals surface area contributed by atoms with Crippen molar-refractivity contribution in [1.29, 1.82) is 0 Å². The molecule has 0 N–H and O–H groups in total. The highest BCUT2D eigenvalue weighted by Crippen LogP contribution is 2.19. The minimum atomic E-state index is 0.519. The Morgan fingerprint density at radius 1 is 1.17 bits per heavy atom. The molecule has 0 spiro atoms. The zero-order chi connectivity index (χ0) is 8.55. The molecular formula is C8H4ClIN2. The van der Waals surface area contributed by atoms with E-state index >= 15 is 0 Å². The number of rotatable bonds is 0. The van der Waals surface area contributed by atoms with E-state index in [9.17, 15) is 0 Å². The molecule has 0 fully saturated rings. The highest BCUT2D eigenvalue weighted by atomic mass is 127. The summed E-state index contributed by atoms with van der Waals surface area (Å²) in [7, 11) is 0. The summed E-state index contributed by atoms with van der Waals surface area (Å²) in [5, 5.41) is 1.42. The van der Waals surface area contributed by atoms with Crippen molar-refractivity contribution in [3.05, 3.63) is 33.2 Å². The number of hydrogen-bond donors (Lipinski definition) is 0. The van der Waals surface area contributed by atoms with E-state index in [0.717, 1.165) is 10.9 Å². The first-order valence-electron chi connectivity index (χ1n) is 3.35. The van der Waals surface area contributed by atoms with Crippen molar-refractivity contribution in [2.75, 3.05) is 0 Å². The standard InChI is InChI=1S/C8H4ClIN2/c9-7-5-3-1-2-4-6(5)11-8(10)12-7/h1-4H. The average Bonchev–Trinajstić information content (AvgIpc) is 2.04. The van der Waals surface area contributed by atoms with E-state index in [2.05, 4.69) is 9.97 Å². The Morgan fingerprint density at radius 2 is 1.92 bits per heavy atom. The summed E-state index contributed by atoms with van der Waals surface area (Å²) in [5.41, 5.74) is 0.891. The van der Waals surface area contributed by atoms with E-state index in [-0.39, 0.29) is 0 Å². The predicted octanol–water partition coefficient (Wildman–Crippen LogP) is 2.89. The molecule has 0 saturated heterocycles. The van der Waals surface area contributed by atoms with Gasteiger partial charge in [0.1, 0.15) is 5.15 Å². The number of fused-ring (bicyclic) bond motifs is 1. The van der Waals surface area contributed by atoms with E-state index in [1.165, 1.54) is 0 Å². The lowest BCUT2D eigenvalue weighted by atomic mass is 10.2. The van der Waals surface area contributed by atoms with Gasteiger partial charge in [0.15, 0.2) is 3.83 Å². The number of benzene rings is 1. The monoisotopic (exact) mass is 290 g/mol. The maximum absolute atomic E-state index is 5.91. The van der Waals surface area contributed by atoms with E-state index in [4.69, 9.17) is 11.6 Å². The molecule has 4 heteroatoms. The second-order valence-corrected chi connectivity index (χ2v) is 3.62. The van der Waals surface area contributed by atoms with Crippen LogP contribution in [0.5, 0.6) is 0 Å². The minimum Gasteiger partial charge on any atom is -0.223 e. The lowest BCUT2D eigenvalue weighted by molar-refractivity contribution is 1.15. The van der Waals surface area contributed by atoms with Gasteiger partial charge in [0.2, 0.25) is 0 Å². The Kier molecular flexibility index (Phi) is 2.14. The van der Waals surface area contributed by atoms with Gasteiger partial charge in [-0.2, -0.15) is 0 Å². The van der Waals surface area contributed by atoms with Gasteiger partial charge in [0.05, 0.1) is 5.52 Å². The van der Waals surface area contributed by atoms with Crippen molar-refractivity contribution >= 4 is 45.1 Å². The van der Waals surface area contributed by atoms with Gasteiger partial charge in [-0.15, -0.1) is 0 Å². The van der Waals surface area contributed by atoms with Gasteiger partial charge in [-0.05, 0) is 12.1 Å². The molecule has 1 heterocycles. The van der Waals surface area contributed by atoms with Crippen molar-refractivity contribution in [2.45, 2.75) is 0 Å². The average molecular weight is 290 g/mol. The largest absolute Gasteiger partial charge is 0.223 e. The van der Waals surface area contributed by atoms with Gasteiger partial charge in [0, 0.05) is 28.0 Å². The normalized spacial score (nSPS) is 10.5. The van der Waals surface area contributed by atoms with Crippen LogP contribution in [0, 0.1) is 3.83 Å². The van der Waals surface area contributed by atoms with Crippen LogP contribution in [0.25, 0.3) is 10.9 Å². The SMILES string of the molecule is Clc1nc(I)nc2ccccc12. The van der Waals surface area contributed by atoms with Crippen molar-refractivity contribution in [3.63, 3.8) is 0 Å². The summed E-state index contributed by atoms with van der Waals surface area (Å²) in [6, 6.07) is 7.69. The first-order chi connectivity index (χ1) is 5.77. The molecule has 0 bridgehead atoms. The van der Waals surface area contributed by atoms with Crippen molar-refractivity contribution in [3.8, 4) is 0 Å². The predicted molar refractivity (Wildman–Crippen MR) is 57.3 cm³/mol. The van der Waals surface area contributed by atoms with E-state index in [1.54, 1.807) is 0 Å². The van der Waals surface area contributed by atoms with E-state index in [0.29, 0.717) is 8.98 Å². The molecule has 12 heavy (non-hydrogen) atoms. The lowest BCUT2D eigenvalue weighted by Gasteiger charge is -1.98. The Balaban J connectivity index is 2.89. The van der Waals surface area contributed by atoms with Gasteiger partial charge in [-0.3, -0.25) is 0 Å². The van der Waals surface area contributed by atoms with Crippen LogP contribution in [-0.4, -0.2) is 9.97 Å². The molecule has 60 valence electrons. The van der Waals surface area contributed by atoms with Crippen LogP contribution in [0.4, 0.5) is 0 Å². The Labute approximate surface area is 88.1 Å². The van der Waals surface area contributed by atoms with E-state index in [1.807, 2.05) is 46.9 Å².